The van der Waals surface area contributed by atoms with Crippen molar-refractivity contribution in [3.05, 3.63) is 47.8 Å². The van der Waals surface area contributed by atoms with Crippen molar-refractivity contribution in [2.24, 2.45) is 5.73 Å². The van der Waals surface area contributed by atoms with Crippen LogP contribution in [0.25, 0.3) is 0 Å². The van der Waals surface area contributed by atoms with Crippen LogP contribution < -0.4 is 11.5 Å². The van der Waals surface area contributed by atoms with E-state index in [9.17, 15) is 4.79 Å². The number of amides is 1. The molecule has 0 aliphatic rings. The minimum atomic E-state index is -0.473. The molecular weight excluding hydrogens is 204 g/mol. The molecule has 2 rings (SSSR count). The van der Waals surface area contributed by atoms with Gasteiger partial charge in [0.2, 0.25) is 0 Å². The normalized spacial score (nSPS) is 10.2. The van der Waals surface area contributed by atoms with Crippen molar-refractivity contribution in [3.63, 3.8) is 0 Å². The summed E-state index contributed by atoms with van der Waals surface area (Å²) in [4.78, 5) is 10.9. The molecule has 0 spiro atoms. The number of nitrogens with two attached hydrogens (primary N) is 2. The summed E-state index contributed by atoms with van der Waals surface area (Å²) in [5.41, 5.74) is 12.9. The SMILES string of the molecule is NC(=O)c1cnn(Cc2cccc(N)c2)c1. The lowest BCUT2D eigenvalue weighted by Crippen LogP contribution is -2.09. The number of hydrogen-bond acceptors (Lipinski definition) is 3. The number of carbonyl (C=O) groups excluding carboxylic acids is 1. The van der Waals surface area contributed by atoms with Crippen molar-refractivity contribution in [1.82, 2.24) is 9.78 Å². The molecule has 0 aliphatic heterocycles. The van der Waals surface area contributed by atoms with Crippen molar-refractivity contribution >= 4 is 11.6 Å². The summed E-state index contributed by atoms with van der Waals surface area (Å²) in [6.07, 6.45) is 3.07. The Labute approximate surface area is 92.7 Å². The first-order chi connectivity index (χ1) is 7.65. The van der Waals surface area contributed by atoms with Gasteiger partial charge in [-0.15, -0.1) is 0 Å². The predicted molar refractivity (Wildman–Crippen MR) is 60.7 cm³/mol. The summed E-state index contributed by atoms with van der Waals surface area (Å²) in [6.45, 7) is 0.568. The summed E-state index contributed by atoms with van der Waals surface area (Å²) in [7, 11) is 0. The molecule has 0 saturated heterocycles. The Hall–Kier alpha value is -2.30. The summed E-state index contributed by atoms with van der Waals surface area (Å²) in [6, 6.07) is 7.51. The molecule has 0 fully saturated rings. The highest BCUT2D eigenvalue weighted by Gasteiger charge is 2.04. The van der Waals surface area contributed by atoms with E-state index in [1.807, 2.05) is 24.3 Å². The third-order valence-electron chi connectivity index (χ3n) is 2.21. The van der Waals surface area contributed by atoms with E-state index < -0.39 is 5.91 Å². The average molecular weight is 216 g/mol. The van der Waals surface area contributed by atoms with Gasteiger partial charge in [-0.05, 0) is 17.7 Å². The van der Waals surface area contributed by atoms with E-state index >= 15 is 0 Å². The first kappa shape index (κ1) is 10.2. The van der Waals surface area contributed by atoms with E-state index in [0.29, 0.717) is 17.8 Å². The van der Waals surface area contributed by atoms with Crippen LogP contribution in [-0.2, 0) is 6.54 Å². The lowest BCUT2D eigenvalue weighted by atomic mass is 10.2. The third-order valence-corrected chi connectivity index (χ3v) is 2.21. The Balaban J connectivity index is 2.17. The van der Waals surface area contributed by atoms with Gasteiger partial charge < -0.3 is 11.5 Å². The van der Waals surface area contributed by atoms with Crippen LogP contribution in [0.1, 0.15) is 15.9 Å². The van der Waals surface area contributed by atoms with Crippen molar-refractivity contribution in [1.29, 1.82) is 0 Å². The number of carbonyl (C=O) groups is 1. The quantitative estimate of drug-likeness (QED) is 0.737. The Bertz CT molecular complexity index is 518. The van der Waals surface area contributed by atoms with Crippen LogP contribution in [0.2, 0.25) is 0 Å². The van der Waals surface area contributed by atoms with Gasteiger partial charge in [0.25, 0.3) is 5.91 Å². The first-order valence-electron chi connectivity index (χ1n) is 4.82. The van der Waals surface area contributed by atoms with Gasteiger partial charge >= 0.3 is 0 Å². The number of primary amides is 1. The summed E-state index contributed by atoms with van der Waals surface area (Å²) in [5, 5.41) is 4.04. The Morgan fingerprint density at radius 2 is 2.25 bits per heavy atom. The molecule has 0 saturated carbocycles. The number of benzene rings is 1. The van der Waals surface area contributed by atoms with E-state index in [1.54, 1.807) is 10.9 Å². The van der Waals surface area contributed by atoms with Gasteiger partial charge in [-0.2, -0.15) is 5.10 Å². The number of hydrogen-bond donors (Lipinski definition) is 2. The molecule has 0 aliphatic carbocycles. The van der Waals surface area contributed by atoms with Gasteiger partial charge in [0, 0.05) is 11.9 Å². The molecule has 1 aromatic carbocycles. The standard InChI is InChI=1S/C11H12N4O/c12-10-3-1-2-8(4-10)6-15-7-9(5-14-15)11(13)16/h1-5,7H,6,12H2,(H2,13,16). The predicted octanol–water partition coefficient (Wildman–Crippen LogP) is 0.612. The van der Waals surface area contributed by atoms with Crippen LogP contribution in [0.3, 0.4) is 0 Å². The van der Waals surface area contributed by atoms with Crippen molar-refractivity contribution in [2.75, 3.05) is 5.73 Å². The van der Waals surface area contributed by atoms with Crippen LogP contribution in [0.15, 0.2) is 36.7 Å². The highest BCUT2D eigenvalue weighted by Crippen LogP contribution is 2.08. The minimum absolute atomic E-state index is 0.406. The van der Waals surface area contributed by atoms with Gasteiger partial charge in [0.15, 0.2) is 0 Å². The molecular formula is C11H12N4O. The third kappa shape index (κ3) is 2.20. The number of aromatic nitrogens is 2. The van der Waals surface area contributed by atoms with Gasteiger partial charge in [-0.1, -0.05) is 12.1 Å². The van der Waals surface area contributed by atoms with Crippen LogP contribution in [-0.4, -0.2) is 15.7 Å². The van der Waals surface area contributed by atoms with Gasteiger partial charge in [0.1, 0.15) is 0 Å². The van der Waals surface area contributed by atoms with Crippen molar-refractivity contribution in [2.45, 2.75) is 6.54 Å². The Morgan fingerprint density at radius 1 is 1.44 bits per heavy atom. The summed E-state index contributed by atoms with van der Waals surface area (Å²) >= 11 is 0. The fourth-order valence-corrected chi connectivity index (χ4v) is 1.46. The summed E-state index contributed by atoms with van der Waals surface area (Å²) in [5.74, 6) is -0.473. The topological polar surface area (TPSA) is 86.9 Å². The maximum absolute atomic E-state index is 10.9. The van der Waals surface area contributed by atoms with Gasteiger partial charge in [0.05, 0.1) is 18.3 Å². The molecule has 5 heteroatoms. The zero-order valence-electron chi connectivity index (χ0n) is 8.63. The Morgan fingerprint density at radius 3 is 2.88 bits per heavy atom. The molecule has 0 radical (unpaired) electrons. The maximum atomic E-state index is 10.9. The second kappa shape index (κ2) is 4.06. The van der Waals surface area contributed by atoms with E-state index in [2.05, 4.69) is 5.10 Å². The molecule has 5 nitrogen and oxygen atoms in total. The fourth-order valence-electron chi connectivity index (χ4n) is 1.46. The Kier molecular flexibility index (Phi) is 2.59. The summed E-state index contributed by atoms with van der Waals surface area (Å²) < 4.78 is 1.65. The van der Waals surface area contributed by atoms with Gasteiger partial charge in [-0.3, -0.25) is 9.48 Å². The van der Waals surface area contributed by atoms with Crippen LogP contribution >= 0.6 is 0 Å². The molecule has 0 bridgehead atoms. The molecule has 0 atom stereocenters. The average Bonchev–Trinajstić information content (AvgIpc) is 2.66. The molecule has 82 valence electrons. The maximum Gasteiger partial charge on any atom is 0.251 e. The van der Waals surface area contributed by atoms with E-state index in [0.717, 1.165) is 5.56 Å². The second-order valence-corrected chi connectivity index (χ2v) is 3.54. The van der Waals surface area contributed by atoms with Gasteiger partial charge in [-0.25, -0.2) is 0 Å². The van der Waals surface area contributed by atoms with Crippen molar-refractivity contribution in [3.8, 4) is 0 Å². The lowest BCUT2D eigenvalue weighted by molar-refractivity contribution is 0.1000. The highest BCUT2D eigenvalue weighted by molar-refractivity contribution is 5.92. The molecule has 1 amide bonds. The molecule has 4 N–H and O–H groups in total. The smallest absolute Gasteiger partial charge is 0.251 e. The van der Waals surface area contributed by atoms with Crippen molar-refractivity contribution < 1.29 is 4.79 Å². The lowest BCUT2D eigenvalue weighted by Gasteiger charge is -2.02. The molecule has 1 aromatic heterocycles. The first-order valence-corrected chi connectivity index (χ1v) is 4.82. The monoisotopic (exact) mass is 216 g/mol. The highest BCUT2D eigenvalue weighted by atomic mass is 16.1. The molecule has 2 aromatic rings. The number of anilines is 1. The molecule has 0 unspecified atom stereocenters. The van der Waals surface area contributed by atoms with E-state index in [4.69, 9.17) is 11.5 Å². The zero-order valence-corrected chi connectivity index (χ0v) is 8.63. The van der Waals surface area contributed by atoms with Crippen LogP contribution in [0.5, 0.6) is 0 Å². The molecule has 16 heavy (non-hydrogen) atoms. The zero-order chi connectivity index (χ0) is 11.5. The van der Waals surface area contributed by atoms with Crippen LogP contribution in [0, 0.1) is 0 Å². The number of nitrogens with zero attached hydrogens (tertiary/aromatic N) is 2. The number of nitrogen functional groups attached to an aromatic ring is 1. The van der Waals surface area contributed by atoms with E-state index in [-0.39, 0.29) is 0 Å². The van der Waals surface area contributed by atoms with Crippen LogP contribution in [0.4, 0.5) is 5.69 Å². The largest absolute Gasteiger partial charge is 0.399 e. The fraction of sp³-hybridized carbons (Fsp3) is 0.0909. The number of rotatable bonds is 3. The second-order valence-electron chi connectivity index (χ2n) is 3.54. The molecule has 1 heterocycles. The minimum Gasteiger partial charge on any atom is -0.399 e. The van der Waals surface area contributed by atoms with E-state index in [1.165, 1.54) is 6.20 Å².